The molecule has 1 unspecified atom stereocenters. The largest absolute Gasteiger partial charge is 0.462 e. The summed E-state index contributed by atoms with van der Waals surface area (Å²) in [4.78, 5) is 38.2. The molecule has 0 spiro atoms. The zero-order valence-corrected chi connectivity index (χ0v) is 47.4. The van der Waals surface area contributed by atoms with Crippen LogP contribution >= 0.6 is 0 Å². The molecule has 0 radical (unpaired) electrons. The van der Waals surface area contributed by atoms with E-state index in [1.807, 2.05) is 0 Å². The van der Waals surface area contributed by atoms with Crippen molar-refractivity contribution in [1.82, 2.24) is 0 Å². The molecule has 0 aromatic rings. The van der Waals surface area contributed by atoms with Gasteiger partial charge in [0, 0.05) is 19.3 Å². The Hall–Kier alpha value is -4.19. The molecule has 0 bridgehead atoms. The minimum absolute atomic E-state index is 0.112. The maximum absolute atomic E-state index is 12.9. The highest BCUT2D eigenvalue weighted by Crippen LogP contribution is 2.14. The summed E-state index contributed by atoms with van der Waals surface area (Å²) in [6.45, 7) is 6.43. The number of hydrogen-bond donors (Lipinski definition) is 0. The Morgan fingerprint density at radius 1 is 0.288 bits per heavy atom. The number of carbonyl (C=O) groups is 3. The van der Waals surface area contributed by atoms with Crippen LogP contribution in [0.2, 0.25) is 0 Å². The third-order valence-corrected chi connectivity index (χ3v) is 12.4. The van der Waals surface area contributed by atoms with Crippen LogP contribution in [-0.4, -0.2) is 37.2 Å². The summed E-state index contributed by atoms with van der Waals surface area (Å²) in [6, 6.07) is 0. The molecule has 0 aliphatic carbocycles. The van der Waals surface area contributed by atoms with Gasteiger partial charge in [-0.2, -0.15) is 0 Å². The van der Waals surface area contributed by atoms with Crippen LogP contribution in [0, 0.1) is 0 Å². The quantitative estimate of drug-likeness (QED) is 0.0261. The van der Waals surface area contributed by atoms with Crippen LogP contribution in [0.1, 0.15) is 265 Å². The van der Waals surface area contributed by atoms with Crippen LogP contribution < -0.4 is 0 Å². The molecule has 73 heavy (non-hydrogen) atoms. The van der Waals surface area contributed by atoms with Crippen molar-refractivity contribution in [3.63, 3.8) is 0 Å². The number of ether oxygens (including phenoxy) is 3. The first-order valence-corrected chi connectivity index (χ1v) is 30.0. The van der Waals surface area contributed by atoms with Gasteiger partial charge in [0.25, 0.3) is 0 Å². The van der Waals surface area contributed by atoms with Gasteiger partial charge in [-0.05, 0) is 128 Å². The number of unbranched alkanes of at least 4 members (excludes halogenated alkanes) is 22. The highest BCUT2D eigenvalue weighted by atomic mass is 16.6. The van der Waals surface area contributed by atoms with E-state index in [1.54, 1.807) is 0 Å². The normalized spacial score (nSPS) is 13.0. The molecule has 0 aromatic carbocycles. The summed E-state index contributed by atoms with van der Waals surface area (Å²) < 4.78 is 16.8. The third-order valence-electron chi connectivity index (χ3n) is 12.4. The molecule has 6 nitrogen and oxygen atoms in total. The smallest absolute Gasteiger partial charge is 0.306 e. The molecular formula is C67H110O6. The lowest BCUT2D eigenvalue weighted by atomic mass is 10.1. The van der Waals surface area contributed by atoms with Crippen LogP contribution in [0.25, 0.3) is 0 Å². The lowest BCUT2D eigenvalue weighted by Crippen LogP contribution is -2.30. The van der Waals surface area contributed by atoms with Crippen LogP contribution in [0.5, 0.6) is 0 Å². The van der Waals surface area contributed by atoms with Crippen LogP contribution in [0.3, 0.4) is 0 Å². The predicted molar refractivity (Wildman–Crippen MR) is 316 cm³/mol. The molecule has 6 heteroatoms. The number of hydrogen-bond acceptors (Lipinski definition) is 6. The summed E-state index contributed by atoms with van der Waals surface area (Å²) in [6.07, 6.45) is 83.3. The fourth-order valence-corrected chi connectivity index (χ4v) is 7.93. The molecule has 0 amide bonds. The molecule has 414 valence electrons. The Kier molecular flexibility index (Phi) is 56.9. The number of allylic oxidation sites excluding steroid dienone is 20. The molecule has 0 N–H and O–H groups in total. The monoisotopic (exact) mass is 1010 g/mol. The SMILES string of the molecule is CC/C=C\C/C=C\C/C=C\C/C=C\C/C=C\CCCC(=O)OC(COC(=O)CCCCCCCC/C=C\C/C=C\C/C=C\CCCCCCC)COC(=O)CCCCCCCCC/C=C\C/C=C\CCCCC. The standard InChI is InChI=1S/C67H110O6/c1-4-7-10-13-16-19-22-25-28-31-32-33-34-37-39-42-45-48-51-54-57-60-66(69)72-63-64(73-67(70)61-58-55-52-49-46-43-40-36-30-27-24-21-18-15-12-9-6-3)62-71-65(68)59-56-53-50-47-44-41-38-35-29-26-23-20-17-14-11-8-5-2/h9,12,17-18,20-22,25-27,29-32,34,37,40,43,49,52,64H,4-8,10-11,13-16,19,23-24,28,33,35-36,38-39,41-42,44-48,50-51,53-63H2,1-3H3/b12-9-,20-17-,21-18-,25-22-,29-26-,30-27-,32-31-,37-34-,43-40-,52-49-. The van der Waals surface area contributed by atoms with Crippen LogP contribution in [-0.2, 0) is 28.6 Å². The molecule has 0 aliphatic rings. The first kappa shape index (κ1) is 68.8. The molecule has 0 heterocycles. The summed E-state index contributed by atoms with van der Waals surface area (Å²) in [7, 11) is 0. The fraction of sp³-hybridized carbons (Fsp3) is 0.657. The zero-order chi connectivity index (χ0) is 52.9. The summed E-state index contributed by atoms with van der Waals surface area (Å²) in [5, 5.41) is 0. The molecular weight excluding hydrogens is 901 g/mol. The van der Waals surface area contributed by atoms with Crippen LogP contribution in [0.4, 0.5) is 0 Å². The second kappa shape index (κ2) is 60.4. The van der Waals surface area contributed by atoms with E-state index in [2.05, 4.69) is 142 Å². The Labute approximate surface area is 450 Å². The van der Waals surface area contributed by atoms with E-state index in [0.717, 1.165) is 116 Å². The van der Waals surface area contributed by atoms with Crippen molar-refractivity contribution < 1.29 is 28.6 Å². The summed E-state index contributed by atoms with van der Waals surface area (Å²) in [5.74, 6) is -0.990. The van der Waals surface area contributed by atoms with Crippen LogP contribution in [0.15, 0.2) is 122 Å². The molecule has 1 atom stereocenters. The highest BCUT2D eigenvalue weighted by molar-refractivity contribution is 5.71. The zero-order valence-electron chi connectivity index (χ0n) is 47.4. The number of esters is 3. The van der Waals surface area contributed by atoms with Crippen molar-refractivity contribution in [3.05, 3.63) is 122 Å². The van der Waals surface area contributed by atoms with E-state index in [9.17, 15) is 14.4 Å². The van der Waals surface area contributed by atoms with Crippen molar-refractivity contribution in [1.29, 1.82) is 0 Å². The van der Waals surface area contributed by atoms with Crippen molar-refractivity contribution in [2.45, 2.75) is 271 Å². The maximum atomic E-state index is 12.9. The highest BCUT2D eigenvalue weighted by Gasteiger charge is 2.19. The van der Waals surface area contributed by atoms with E-state index >= 15 is 0 Å². The third kappa shape index (κ3) is 58.6. The molecule has 0 fully saturated rings. The second-order valence-electron chi connectivity index (χ2n) is 19.5. The van der Waals surface area contributed by atoms with Gasteiger partial charge >= 0.3 is 17.9 Å². The first-order valence-electron chi connectivity index (χ1n) is 30.0. The van der Waals surface area contributed by atoms with Crippen molar-refractivity contribution >= 4 is 17.9 Å². The number of rotatable bonds is 53. The average Bonchev–Trinajstić information content (AvgIpc) is 3.39. The van der Waals surface area contributed by atoms with Gasteiger partial charge in [-0.3, -0.25) is 14.4 Å². The van der Waals surface area contributed by atoms with Crippen molar-refractivity contribution in [2.75, 3.05) is 13.2 Å². The Morgan fingerprint density at radius 2 is 0.548 bits per heavy atom. The van der Waals surface area contributed by atoms with E-state index < -0.39 is 6.10 Å². The van der Waals surface area contributed by atoms with Gasteiger partial charge in [0.15, 0.2) is 6.10 Å². The Bertz CT molecular complexity index is 1540. The van der Waals surface area contributed by atoms with Gasteiger partial charge in [-0.15, -0.1) is 0 Å². The lowest BCUT2D eigenvalue weighted by Gasteiger charge is -2.18. The van der Waals surface area contributed by atoms with E-state index in [-0.39, 0.29) is 37.5 Å². The van der Waals surface area contributed by atoms with Gasteiger partial charge in [-0.1, -0.05) is 239 Å². The molecule has 0 aromatic heterocycles. The molecule has 0 saturated heterocycles. The van der Waals surface area contributed by atoms with Gasteiger partial charge in [0.2, 0.25) is 0 Å². The Balaban J connectivity index is 4.51. The minimum Gasteiger partial charge on any atom is -0.462 e. The topological polar surface area (TPSA) is 78.9 Å². The number of carbonyl (C=O) groups excluding carboxylic acids is 3. The molecule has 0 rings (SSSR count). The molecule has 0 saturated carbocycles. The summed E-state index contributed by atoms with van der Waals surface area (Å²) in [5.41, 5.74) is 0. The van der Waals surface area contributed by atoms with Gasteiger partial charge in [-0.25, -0.2) is 0 Å². The second-order valence-corrected chi connectivity index (χ2v) is 19.5. The first-order chi connectivity index (χ1) is 36.0. The predicted octanol–water partition coefficient (Wildman–Crippen LogP) is 20.4. The Morgan fingerprint density at radius 3 is 0.904 bits per heavy atom. The van der Waals surface area contributed by atoms with Gasteiger partial charge in [0.1, 0.15) is 13.2 Å². The van der Waals surface area contributed by atoms with E-state index in [1.165, 1.54) is 103 Å². The summed E-state index contributed by atoms with van der Waals surface area (Å²) >= 11 is 0. The van der Waals surface area contributed by atoms with E-state index in [0.29, 0.717) is 19.3 Å². The van der Waals surface area contributed by atoms with Gasteiger partial charge < -0.3 is 14.2 Å². The van der Waals surface area contributed by atoms with E-state index in [4.69, 9.17) is 14.2 Å². The molecule has 0 aliphatic heterocycles. The van der Waals surface area contributed by atoms with Gasteiger partial charge in [0.05, 0.1) is 0 Å². The lowest BCUT2D eigenvalue weighted by molar-refractivity contribution is -0.167. The average molecular weight is 1010 g/mol. The fourth-order valence-electron chi connectivity index (χ4n) is 7.93. The maximum Gasteiger partial charge on any atom is 0.306 e. The minimum atomic E-state index is -0.821. The van der Waals surface area contributed by atoms with Crippen molar-refractivity contribution in [2.24, 2.45) is 0 Å². The van der Waals surface area contributed by atoms with Crippen molar-refractivity contribution in [3.8, 4) is 0 Å².